The third-order valence-corrected chi connectivity index (χ3v) is 11.9. The van der Waals surface area contributed by atoms with Gasteiger partial charge in [0.25, 0.3) is 0 Å². The number of hydrogen-bond acceptors (Lipinski definition) is 3. The highest BCUT2D eigenvalue weighted by Gasteiger charge is 2.71. The summed E-state index contributed by atoms with van der Waals surface area (Å²) in [6, 6.07) is 0. The molecule has 0 radical (unpaired) electrons. The Balaban J connectivity index is 1.68. The van der Waals surface area contributed by atoms with E-state index in [4.69, 9.17) is 0 Å². The Morgan fingerprint density at radius 2 is 1.73 bits per heavy atom. The second-order valence-electron chi connectivity index (χ2n) is 13.9. The van der Waals surface area contributed by atoms with E-state index in [1.54, 1.807) is 0 Å². The van der Waals surface area contributed by atoms with Crippen molar-refractivity contribution in [1.82, 2.24) is 0 Å². The molecule has 33 heavy (non-hydrogen) atoms. The number of Topliss-reactive ketones (excluding diaryl/α,β-unsaturated/α-hetero) is 1. The van der Waals surface area contributed by atoms with Crippen LogP contribution in [0.5, 0.6) is 0 Å². The average molecular weight is 457 g/mol. The van der Waals surface area contributed by atoms with Gasteiger partial charge < -0.3 is 10.2 Å². The number of carbonyl (C=O) groups excluding carboxylic acids is 1. The smallest absolute Gasteiger partial charge is 0.138 e. The summed E-state index contributed by atoms with van der Waals surface area (Å²) in [5, 5.41) is 23.3. The van der Waals surface area contributed by atoms with Gasteiger partial charge in [0.2, 0.25) is 0 Å². The van der Waals surface area contributed by atoms with Crippen molar-refractivity contribution in [2.45, 2.75) is 112 Å². The van der Waals surface area contributed by atoms with Gasteiger partial charge in [-0.15, -0.1) is 0 Å². The molecule has 4 aliphatic carbocycles. The molecule has 0 saturated heterocycles. The van der Waals surface area contributed by atoms with Gasteiger partial charge in [-0.2, -0.15) is 0 Å². The molecule has 0 spiro atoms. The third-order valence-electron chi connectivity index (χ3n) is 11.9. The van der Waals surface area contributed by atoms with Gasteiger partial charge in [0, 0.05) is 11.8 Å². The molecule has 2 N–H and O–H groups in total. The van der Waals surface area contributed by atoms with Crippen molar-refractivity contribution in [2.24, 2.45) is 45.3 Å². The van der Waals surface area contributed by atoms with Crippen molar-refractivity contribution in [1.29, 1.82) is 0 Å². The molecule has 4 saturated carbocycles. The number of carbonyl (C=O) groups is 1. The number of allylic oxidation sites excluding steroid dienone is 2. The summed E-state index contributed by atoms with van der Waals surface area (Å²) in [6.07, 6.45) is 10.9. The van der Waals surface area contributed by atoms with Gasteiger partial charge in [0.15, 0.2) is 0 Å². The van der Waals surface area contributed by atoms with Crippen LogP contribution in [0.15, 0.2) is 24.3 Å². The van der Waals surface area contributed by atoms with Gasteiger partial charge in [-0.05, 0) is 98.7 Å². The van der Waals surface area contributed by atoms with Crippen LogP contribution in [0.2, 0.25) is 0 Å². The summed E-state index contributed by atoms with van der Waals surface area (Å²) in [6.45, 7) is 19.6. The second-order valence-corrected chi connectivity index (χ2v) is 13.9. The zero-order chi connectivity index (χ0) is 24.6. The van der Waals surface area contributed by atoms with Gasteiger partial charge in [0.05, 0.1) is 11.7 Å². The Kier molecular flexibility index (Phi) is 5.94. The van der Waals surface area contributed by atoms with Crippen LogP contribution < -0.4 is 0 Å². The Hall–Kier alpha value is -0.930. The Labute approximate surface area is 202 Å². The molecule has 0 aliphatic heterocycles. The normalized spacial score (nSPS) is 48.6. The number of fused-ring (bicyclic) bond motifs is 5. The van der Waals surface area contributed by atoms with Crippen LogP contribution in [0.25, 0.3) is 0 Å². The number of aliphatic hydroxyl groups is 2. The first kappa shape index (κ1) is 25.2. The van der Waals surface area contributed by atoms with Crippen molar-refractivity contribution in [2.75, 3.05) is 0 Å². The summed E-state index contributed by atoms with van der Waals surface area (Å²) in [5.41, 5.74) is 0.102. The van der Waals surface area contributed by atoms with Crippen LogP contribution in [0.4, 0.5) is 0 Å². The fourth-order valence-electron chi connectivity index (χ4n) is 9.91. The molecule has 0 aromatic rings. The van der Waals surface area contributed by atoms with Crippen LogP contribution in [-0.4, -0.2) is 27.7 Å². The minimum absolute atomic E-state index is 0.00162. The maximum absolute atomic E-state index is 12.9. The molecule has 0 bridgehead atoms. The Morgan fingerprint density at radius 1 is 1.09 bits per heavy atom. The van der Waals surface area contributed by atoms with Gasteiger partial charge >= 0.3 is 0 Å². The summed E-state index contributed by atoms with van der Waals surface area (Å²) in [4.78, 5) is 12.9. The SMILES string of the molecule is C=C(C)/C=C/C[C@](C)(O)[C@H]1CC[C@]2(C)[C@@H]1[C@H](O)C[C@@H]1[C@@]3(C)CCC(=O)C(C)(C)[C@@H]3CC[C@]12C. The lowest BCUT2D eigenvalue weighted by atomic mass is 9.35. The molecule has 3 heteroatoms. The molecular formula is C30H48O3. The topological polar surface area (TPSA) is 57.5 Å². The largest absolute Gasteiger partial charge is 0.393 e. The lowest BCUT2D eigenvalue weighted by Gasteiger charge is -2.69. The minimum Gasteiger partial charge on any atom is -0.393 e. The number of hydrogen-bond donors (Lipinski definition) is 2. The van der Waals surface area contributed by atoms with Crippen LogP contribution >= 0.6 is 0 Å². The highest BCUT2D eigenvalue weighted by Crippen LogP contribution is 2.75. The van der Waals surface area contributed by atoms with E-state index in [9.17, 15) is 15.0 Å². The van der Waals surface area contributed by atoms with Gasteiger partial charge in [-0.3, -0.25) is 4.79 Å². The lowest BCUT2D eigenvalue weighted by Crippen LogP contribution is -2.66. The molecule has 0 heterocycles. The molecule has 4 aliphatic rings. The van der Waals surface area contributed by atoms with Crippen molar-refractivity contribution in [3.05, 3.63) is 24.3 Å². The van der Waals surface area contributed by atoms with E-state index in [1.165, 1.54) is 0 Å². The van der Waals surface area contributed by atoms with Crippen LogP contribution in [-0.2, 0) is 4.79 Å². The van der Waals surface area contributed by atoms with Crippen LogP contribution in [0.1, 0.15) is 99.8 Å². The molecule has 4 fully saturated rings. The van der Waals surface area contributed by atoms with E-state index >= 15 is 0 Å². The minimum atomic E-state index is -0.834. The highest BCUT2D eigenvalue weighted by atomic mass is 16.3. The molecule has 0 aromatic heterocycles. The number of ketones is 1. The first-order chi connectivity index (χ1) is 15.1. The third kappa shape index (κ3) is 3.46. The average Bonchev–Trinajstić information content (AvgIpc) is 3.08. The standard InChI is InChI=1S/C30H48O3/c1-19(2)10-9-14-30(8,33)20-11-16-29(7)25(20)21(31)18-23-27(5)15-13-24(32)26(3,4)22(27)12-17-28(23,29)6/h9-10,20-23,25,31,33H,1,11-18H2,2-8H3/b10-9+/t20-,21+,22-,23+,25-,27-,28+,29+,30-/m0/s1. The quantitative estimate of drug-likeness (QED) is 0.476. The Morgan fingerprint density at radius 3 is 2.36 bits per heavy atom. The zero-order valence-electron chi connectivity index (χ0n) is 22.2. The molecule has 186 valence electrons. The van der Waals surface area contributed by atoms with Gasteiger partial charge in [-0.25, -0.2) is 0 Å². The fourth-order valence-corrected chi connectivity index (χ4v) is 9.91. The molecule has 3 nitrogen and oxygen atoms in total. The van der Waals surface area contributed by atoms with E-state index < -0.39 is 11.7 Å². The van der Waals surface area contributed by atoms with Crippen molar-refractivity contribution >= 4 is 5.78 Å². The molecule has 0 amide bonds. The van der Waals surface area contributed by atoms with E-state index in [1.807, 2.05) is 26.0 Å². The molecular weight excluding hydrogens is 408 g/mol. The molecule has 4 rings (SSSR count). The first-order valence-electron chi connectivity index (χ1n) is 13.4. The monoisotopic (exact) mass is 456 g/mol. The lowest BCUT2D eigenvalue weighted by molar-refractivity contribution is -0.232. The summed E-state index contributed by atoms with van der Waals surface area (Å²) < 4.78 is 0. The van der Waals surface area contributed by atoms with E-state index in [-0.39, 0.29) is 33.5 Å². The zero-order valence-corrected chi connectivity index (χ0v) is 22.2. The van der Waals surface area contributed by atoms with E-state index in [0.717, 1.165) is 44.1 Å². The fraction of sp³-hybridized carbons (Fsp3) is 0.833. The van der Waals surface area contributed by atoms with Crippen molar-refractivity contribution in [3.63, 3.8) is 0 Å². The van der Waals surface area contributed by atoms with Crippen molar-refractivity contribution < 1.29 is 15.0 Å². The molecule has 9 atom stereocenters. The van der Waals surface area contributed by atoms with Crippen molar-refractivity contribution in [3.8, 4) is 0 Å². The summed E-state index contributed by atoms with van der Waals surface area (Å²) in [5.74, 6) is 1.45. The van der Waals surface area contributed by atoms with E-state index in [2.05, 4.69) is 41.2 Å². The van der Waals surface area contributed by atoms with Gasteiger partial charge in [-0.1, -0.05) is 58.9 Å². The Bertz CT molecular complexity index is 853. The predicted octanol–water partition coefficient (Wildman–Crippen LogP) is 6.48. The van der Waals surface area contributed by atoms with Crippen LogP contribution in [0.3, 0.4) is 0 Å². The van der Waals surface area contributed by atoms with Gasteiger partial charge in [0.1, 0.15) is 5.78 Å². The summed E-state index contributed by atoms with van der Waals surface area (Å²) >= 11 is 0. The first-order valence-corrected chi connectivity index (χ1v) is 13.4. The molecule has 0 unspecified atom stereocenters. The van der Waals surface area contributed by atoms with E-state index in [0.29, 0.717) is 30.5 Å². The maximum Gasteiger partial charge on any atom is 0.138 e. The number of aliphatic hydroxyl groups excluding tert-OH is 1. The summed E-state index contributed by atoms with van der Waals surface area (Å²) in [7, 11) is 0. The maximum atomic E-state index is 12.9. The highest BCUT2D eigenvalue weighted by molar-refractivity contribution is 5.85. The van der Waals surface area contributed by atoms with Crippen LogP contribution in [0, 0.1) is 45.3 Å². The molecule has 0 aromatic carbocycles. The number of rotatable bonds is 4. The predicted molar refractivity (Wildman–Crippen MR) is 135 cm³/mol. The second kappa shape index (κ2) is 7.79.